The van der Waals surface area contributed by atoms with E-state index in [4.69, 9.17) is 5.11 Å². The van der Waals surface area contributed by atoms with Gasteiger partial charge in [-0.25, -0.2) is 9.18 Å². The molecule has 0 bridgehead atoms. The number of aromatic carboxylic acids is 1. The van der Waals surface area contributed by atoms with Crippen molar-refractivity contribution in [2.24, 2.45) is 0 Å². The molecule has 0 aliphatic carbocycles. The molecule has 4 heteroatoms. The number of rotatable bonds is 3. The minimum absolute atomic E-state index is 0.0190. The first-order valence-electron chi connectivity index (χ1n) is 4.90. The van der Waals surface area contributed by atoms with E-state index in [1.807, 2.05) is 0 Å². The standard InChI is InChI=1S/C11H12FNO2/c12-10-5-8(7-13-2-1-3-13)4-9(6-10)11(14)15/h4-6H,1-3,7H2,(H,14,15). The maximum Gasteiger partial charge on any atom is 0.335 e. The molecule has 0 amide bonds. The van der Waals surface area contributed by atoms with E-state index in [2.05, 4.69) is 4.90 Å². The topological polar surface area (TPSA) is 40.5 Å². The first-order valence-corrected chi connectivity index (χ1v) is 4.90. The molecule has 80 valence electrons. The SMILES string of the molecule is O=C(O)c1cc(F)cc(CN2CCC2)c1. The average molecular weight is 209 g/mol. The first-order chi connectivity index (χ1) is 7.15. The predicted octanol–water partition coefficient (Wildman–Crippen LogP) is 1.73. The van der Waals surface area contributed by atoms with Gasteiger partial charge in [-0.05, 0) is 43.3 Å². The highest BCUT2D eigenvalue weighted by Gasteiger charge is 2.15. The second kappa shape index (κ2) is 3.98. The van der Waals surface area contributed by atoms with Gasteiger partial charge in [0.1, 0.15) is 5.82 Å². The number of likely N-dealkylation sites (tertiary alicyclic amines) is 1. The third-order valence-corrected chi connectivity index (χ3v) is 2.56. The van der Waals surface area contributed by atoms with Crippen molar-refractivity contribution >= 4 is 5.97 Å². The van der Waals surface area contributed by atoms with Crippen LogP contribution in [0.4, 0.5) is 4.39 Å². The molecule has 1 aromatic rings. The van der Waals surface area contributed by atoms with Crippen molar-refractivity contribution in [1.82, 2.24) is 4.90 Å². The van der Waals surface area contributed by atoms with E-state index < -0.39 is 11.8 Å². The zero-order valence-electron chi connectivity index (χ0n) is 8.24. The van der Waals surface area contributed by atoms with Crippen molar-refractivity contribution in [3.63, 3.8) is 0 Å². The Hall–Kier alpha value is -1.42. The molecular formula is C11H12FNO2. The van der Waals surface area contributed by atoms with E-state index in [1.54, 1.807) is 0 Å². The lowest BCUT2D eigenvalue weighted by atomic mass is 10.1. The minimum Gasteiger partial charge on any atom is -0.478 e. The lowest BCUT2D eigenvalue weighted by Crippen LogP contribution is -2.36. The van der Waals surface area contributed by atoms with Crippen LogP contribution in [-0.2, 0) is 6.54 Å². The largest absolute Gasteiger partial charge is 0.478 e. The van der Waals surface area contributed by atoms with Crippen molar-refractivity contribution in [3.05, 3.63) is 35.1 Å². The van der Waals surface area contributed by atoms with Gasteiger partial charge < -0.3 is 5.11 Å². The molecule has 1 saturated heterocycles. The number of hydrogen-bond donors (Lipinski definition) is 1. The number of carboxylic acids is 1. The highest BCUT2D eigenvalue weighted by molar-refractivity contribution is 5.87. The Labute approximate surface area is 87.1 Å². The van der Waals surface area contributed by atoms with E-state index in [1.165, 1.54) is 18.6 Å². The van der Waals surface area contributed by atoms with Crippen molar-refractivity contribution in [1.29, 1.82) is 0 Å². The van der Waals surface area contributed by atoms with Gasteiger partial charge in [0.05, 0.1) is 5.56 Å². The van der Waals surface area contributed by atoms with Gasteiger partial charge in [-0.2, -0.15) is 0 Å². The molecule has 1 heterocycles. The monoisotopic (exact) mass is 209 g/mol. The van der Waals surface area contributed by atoms with Crippen molar-refractivity contribution in [2.45, 2.75) is 13.0 Å². The molecule has 1 aromatic carbocycles. The maximum atomic E-state index is 13.1. The highest BCUT2D eigenvalue weighted by atomic mass is 19.1. The summed E-state index contributed by atoms with van der Waals surface area (Å²) in [5.74, 6) is -1.57. The molecule has 0 unspecified atom stereocenters. The second-order valence-corrected chi connectivity index (χ2v) is 3.78. The zero-order chi connectivity index (χ0) is 10.8. The molecule has 0 radical (unpaired) electrons. The van der Waals surface area contributed by atoms with Crippen molar-refractivity contribution < 1.29 is 14.3 Å². The van der Waals surface area contributed by atoms with Gasteiger partial charge in [-0.3, -0.25) is 4.90 Å². The summed E-state index contributed by atoms with van der Waals surface area (Å²) in [4.78, 5) is 12.8. The Morgan fingerprint density at radius 1 is 1.40 bits per heavy atom. The quantitative estimate of drug-likeness (QED) is 0.824. The number of halogens is 1. The molecule has 15 heavy (non-hydrogen) atoms. The van der Waals surface area contributed by atoms with E-state index in [9.17, 15) is 9.18 Å². The van der Waals surface area contributed by atoms with E-state index >= 15 is 0 Å². The van der Waals surface area contributed by atoms with Crippen LogP contribution in [0.2, 0.25) is 0 Å². The van der Waals surface area contributed by atoms with Crippen LogP contribution in [0.1, 0.15) is 22.3 Å². The summed E-state index contributed by atoms with van der Waals surface area (Å²) in [6.45, 7) is 2.66. The van der Waals surface area contributed by atoms with Gasteiger partial charge in [-0.15, -0.1) is 0 Å². The van der Waals surface area contributed by atoms with Crippen LogP contribution in [0.3, 0.4) is 0 Å². The summed E-state index contributed by atoms with van der Waals surface area (Å²) in [6.07, 6.45) is 1.17. The summed E-state index contributed by atoms with van der Waals surface area (Å²) in [6, 6.07) is 3.97. The summed E-state index contributed by atoms with van der Waals surface area (Å²) in [7, 11) is 0. The molecule has 0 saturated carbocycles. The lowest BCUT2D eigenvalue weighted by Gasteiger charge is -2.30. The summed E-state index contributed by atoms with van der Waals surface area (Å²) >= 11 is 0. The predicted molar refractivity (Wildman–Crippen MR) is 53.3 cm³/mol. The van der Waals surface area contributed by atoms with Gasteiger partial charge in [0.2, 0.25) is 0 Å². The van der Waals surface area contributed by atoms with Crippen LogP contribution in [0.5, 0.6) is 0 Å². The molecule has 1 N–H and O–H groups in total. The molecule has 2 rings (SSSR count). The van der Waals surface area contributed by atoms with Crippen LogP contribution in [0, 0.1) is 5.82 Å². The van der Waals surface area contributed by atoms with Crippen LogP contribution in [0.15, 0.2) is 18.2 Å². The van der Waals surface area contributed by atoms with Crippen LogP contribution >= 0.6 is 0 Å². The lowest BCUT2D eigenvalue weighted by molar-refractivity contribution is 0.0696. The summed E-state index contributed by atoms with van der Waals surface area (Å²) in [5.41, 5.74) is 0.748. The average Bonchev–Trinajstić information content (AvgIpc) is 2.10. The van der Waals surface area contributed by atoms with E-state index in [-0.39, 0.29) is 5.56 Å². The van der Waals surface area contributed by atoms with Gasteiger partial charge in [-0.1, -0.05) is 0 Å². The van der Waals surface area contributed by atoms with Crippen LogP contribution in [-0.4, -0.2) is 29.1 Å². The summed E-state index contributed by atoms with van der Waals surface area (Å²) in [5, 5.41) is 8.76. The number of hydrogen-bond acceptors (Lipinski definition) is 2. The third kappa shape index (κ3) is 2.33. The van der Waals surface area contributed by atoms with E-state index in [0.29, 0.717) is 6.54 Å². The molecule has 1 aliphatic heterocycles. The van der Waals surface area contributed by atoms with Gasteiger partial charge in [0, 0.05) is 6.54 Å². The Balaban J connectivity index is 2.18. The second-order valence-electron chi connectivity index (χ2n) is 3.78. The third-order valence-electron chi connectivity index (χ3n) is 2.56. The number of carbonyl (C=O) groups is 1. The van der Waals surface area contributed by atoms with Crippen molar-refractivity contribution in [2.75, 3.05) is 13.1 Å². The molecule has 1 fully saturated rings. The minimum atomic E-state index is -1.08. The zero-order valence-corrected chi connectivity index (χ0v) is 8.24. The van der Waals surface area contributed by atoms with Gasteiger partial charge in [0.15, 0.2) is 0 Å². The fourth-order valence-corrected chi connectivity index (χ4v) is 1.66. The fraction of sp³-hybridized carbons (Fsp3) is 0.364. The molecule has 0 spiro atoms. The molecular weight excluding hydrogens is 197 g/mol. The Bertz CT molecular complexity index is 388. The maximum absolute atomic E-state index is 13.1. The van der Waals surface area contributed by atoms with E-state index in [0.717, 1.165) is 24.7 Å². The number of benzene rings is 1. The van der Waals surface area contributed by atoms with Crippen molar-refractivity contribution in [3.8, 4) is 0 Å². The Morgan fingerprint density at radius 3 is 2.67 bits per heavy atom. The fourth-order valence-electron chi connectivity index (χ4n) is 1.66. The first kappa shape index (κ1) is 10.1. The summed E-state index contributed by atoms with van der Waals surface area (Å²) < 4.78 is 13.1. The molecule has 0 aromatic heterocycles. The van der Waals surface area contributed by atoms with Crippen LogP contribution in [0.25, 0.3) is 0 Å². The Morgan fingerprint density at radius 2 is 2.13 bits per heavy atom. The highest BCUT2D eigenvalue weighted by Crippen LogP contribution is 2.15. The molecule has 3 nitrogen and oxygen atoms in total. The Kier molecular flexibility index (Phi) is 2.68. The smallest absolute Gasteiger partial charge is 0.335 e. The molecule has 1 aliphatic rings. The number of carboxylic acid groups (broad SMARTS) is 1. The van der Waals surface area contributed by atoms with Gasteiger partial charge in [0.25, 0.3) is 0 Å². The van der Waals surface area contributed by atoms with Crippen LogP contribution < -0.4 is 0 Å². The molecule has 0 atom stereocenters. The van der Waals surface area contributed by atoms with Gasteiger partial charge >= 0.3 is 5.97 Å². The number of nitrogens with zero attached hydrogens (tertiary/aromatic N) is 1. The normalized spacial score (nSPS) is 16.1.